The number of hydrogen-bond acceptors (Lipinski definition) is 3. The first-order chi connectivity index (χ1) is 13.2. The van der Waals surface area contributed by atoms with Crippen LogP contribution >= 0.6 is 23.4 Å². The highest BCUT2D eigenvalue weighted by Gasteiger charge is 2.14. The average molecular weight is 432 g/mol. The zero-order chi connectivity index (χ0) is 21.3. The van der Waals surface area contributed by atoms with E-state index in [1.54, 1.807) is 24.5 Å². The quantitative estimate of drug-likeness (QED) is 0.332. The van der Waals surface area contributed by atoms with Crippen LogP contribution in [0.4, 0.5) is 18.9 Å². The molecule has 3 nitrogen and oxygen atoms in total. The molecule has 0 saturated heterocycles. The molecule has 0 spiro atoms. The van der Waals surface area contributed by atoms with E-state index in [-0.39, 0.29) is 17.4 Å². The topological polar surface area (TPSA) is 49.3 Å². The zero-order valence-corrected chi connectivity index (χ0v) is 17.0. The third kappa shape index (κ3) is 7.22. The van der Waals surface area contributed by atoms with Crippen LogP contribution in [0.2, 0.25) is 5.02 Å². The maximum atomic E-state index is 13.1. The summed E-state index contributed by atoms with van der Waals surface area (Å²) in [6.07, 6.45) is 4.90. The molecule has 0 fully saturated rings. The van der Waals surface area contributed by atoms with Crippen LogP contribution in [0.15, 0.2) is 47.9 Å². The summed E-state index contributed by atoms with van der Waals surface area (Å²) >= 11 is 7.29. The Morgan fingerprint density at radius 2 is 1.89 bits per heavy atom. The Morgan fingerprint density at radius 1 is 1.29 bits per heavy atom. The smallest absolute Gasteiger partial charge is 0.255 e. The van der Waals surface area contributed by atoms with E-state index in [2.05, 4.69) is 11.9 Å². The van der Waals surface area contributed by atoms with Gasteiger partial charge in [0.15, 0.2) is 17.5 Å². The van der Waals surface area contributed by atoms with Crippen molar-refractivity contribution in [1.29, 1.82) is 0 Å². The molecule has 8 heteroatoms. The van der Waals surface area contributed by atoms with Crippen LogP contribution in [-0.4, -0.2) is 23.4 Å². The van der Waals surface area contributed by atoms with Crippen LogP contribution < -0.4 is 5.32 Å². The third-order valence-corrected chi connectivity index (χ3v) is 4.78. The van der Waals surface area contributed by atoms with Gasteiger partial charge in [0.1, 0.15) is 0 Å². The number of benzene rings is 2. The number of anilines is 1. The van der Waals surface area contributed by atoms with Crippen molar-refractivity contribution in [2.75, 3.05) is 11.6 Å². The zero-order valence-electron chi connectivity index (χ0n) is 15.4. The molecule has 2 N–H and O–H groups in total. The van der Waals surface area contributed by atoms with Crippen molar-refractivity contribution >= 4 is 35.0 Å². The summed E-state index contributed by atoms with van der Waals surface area (Å²) in [5, 5.41) is 11.6. The summed E-state index contributed by atoms with van der Waals surface area (Å²) in [5.41, 5.74) is 0.103. The number of aliphatic hydroxyl groups is 1. The van der Waals surface area contributed by atoms with Crippen LogP contribution in [0.25, 0.3) is 0 Å². The second kappa shape index (κ2) is 11.8. The molecule has 2 rings (SSSR count). The molecule has 0 saturated carbocycles. The van der Waals surface area contributed by atoms with Crippen molar-refractivity contribution < 1.29 is 23.1 Å². The molecule has 0 bridgehead atoms. The minimum atomic E-state index is -1.58. The summed E-state index contributed by atoms with van der Waals surface area (Å²) < 4.78 is 39.0. The Hall–Kier alpha value is -1.96. The fourth-order valence-electron chi connectivity index (χ4n) is 1.99. The van der Waals surface area contributed by atoms with Crippen molar-refractivity contribution in [3.05, 3.63) is 71.0 Å². The molecule has 28 heavy (non-hydrogen) atoms. The van der Waals surface area contributed by atoms with E-state index in [1.165, 1.54) is 17.8 Å². The van der Waals surface area contributed by atoms with Crippen molar-refractivity contribution in [2.24, 2.45) is 0 Å². The lowest BCUT2D eigenvalue weighted by molar-refractivity contribution is 0.102. The SMILES string of the molecule is C=CCC(O)CC.CSc1cc(C(=O)Nc2cc(F)c(F)c(F)c2)ccc1Cl. The van der Waals surface area contributed by atoms with E-state index in [9.17, 15) is 18.0 Å². The maximum absolute atomic E-state index is 13.1. The van der Waals surface area contributed by atoms with Crippen LogP contribution in [0, 0.1) is 17.5 Å². The summed E-state index contributed by atoms with van der Waals surface area (Å²) in [4.78, 5) is 12.7. The summed E-state index contributed by atoms with van der Waals surface area (Å²) in [5.74, 6) is -4.89. The second-order valence-electron chi connectivity index (χ2n) is 5.64. The normalized spacial score (nSPS) is 11.2. The van der Waals surface area contributed by atoms with Gasteiger partial charge in [0.25, 0.3) is 5.91 Å². The van der Waals surface area contributed by atoms with Crippen molar-refractivity contribution in [3.8, 4) is 0 Å². The number of carbonyl (C=O) groups is 1. The Bertz CT molecular complexity index is 810. The van der Waals surface area contributed by atoms with Gasteiger partial charge in [-0.15, -0.1) is 18.3 Å². The highest BCUT2D eigenvalue weighted by molar-refractivity contribution is 7.98. The van der Waals surface area contributed by atoms with Crippen LogP contribution in [0.1, 0.15) is 30.1 Å². The van der Waals surface area contributed by atoms with E-state index < -0.39 is 23.4 Å². The van der Waals surface area contributed by atoms with Gasteiger partial charge in [-0.2, -0.15) is 0 Å². The molecule has 0 aromatic heterocycles. The number of hydrogen-bond donors (Lipinski definition) is 2. The molecular weight excluding hydrogens is 411 g/mol. The Labute approximate surface area is 171 Å². The number of amides is 1. The summed E-state index contributed by atoms with van der Waals surface area (Å²) in [7, 11) is 0. The fraction of sp³-hybridized carbons (Fsp3) is 0.250. The first-order valence-electron chi connectivity index (χ1n) is 8.31. The maximum Gasteiger partial charge on any atom is 0.255 e. The predicted octanol–water partition coefficient (Wildman–Crippen LogP) is 6.06. The third-order valence-electron chi connectivity index (χ3n) is 3.56. The molecule has 0 aliphatic rings. The lowest BCUT2D eigenvalue weighted by Crippen LogP contribution is -2.12. The standard InChI is InChI=1S/C14H9ClF3NOS.C6H12O/c1-21-12-4-7(2-3-9(12)15)14(20)19-8-5-10(16)13(18)11(17)6-8;1-3-5-6(7)4-2/h2-6H,1H3,(H,19,20);3,6-7H,1,4-5H2,2H3. The molecule has 2 aromatic rings. The van der Waals surface area contributed by atoms with Gasteiger partial charge in [-0.1, -0.05) is 24.6 Å². The van der Waals surface area contributed by atoms with Crippen LogP contribution in [0.3, 0.4) is 0 Å². The second-order valence-corrected chi connectivity index (χ2v) is 6.90. The first kappa shape index (κ1) is 24.1. The molecule has 0 aliphatic carbocycles. The van der Waals surface area contributed by atoms with E-state index in [0.29, 0.717) is 22.1 Å². The summed E-state index contributed by atoms with van der Waals surface area (Å²) in [6.45, 7) is 5.44. The number of thioether (sulfide) groups is 1. The Kier molecular flexibility index (Phi) is 10.1. The summed E-state index contributed by atoms with van der Waals surface area (Å²) in [6, 6.07) is 6.00. The lowest BCUT2D eigenvalue weighted by Gasteiger charge is -2.08. The number of halogens is 4. The van der Waals surface area contributed by atoms with Crippen molar-refractivity contribution in [3.63, 3.8) is 0 Å². The largest absolute Gasteiger partial charge is 0.393 e. The fourth-order valence-corrected chi connectivity index (χ4v) is 2.85. The predicted molar refractivity (Wildman–Crippen MR) is 109 cm³/mol. The van der Waals surface area contributed by atoms with Gasteiger partial charge in [-0.3, -0.25) is 4.79 Å². The molecule has 0 heterocycles. The van der Waals surface area contributed by atoms with Gasteiger partial charge in [0.05, 0.1) is 11.1 Å². The molecule has 152 valence electrons. The van der Waals surface area contributed by atoms with Gasteiger partial charge in [-0.25, -0.2) is 13.2 Å². The Morgan fingerprint density at radius 3 is 2.36 bits per heavy atom. The van der Waals surface area contributed by atoms with E-state index in [0.717, 1.165) is 12.8 Å². The number of carbonyl (C=O) groups excluding carboxylic acids is 1. The van der Waals surface area contributed by atoms with Gasteiger partial charge in [0, 0.05) is 28.3 Å². The molecule has 0 aliphatic heterocycles. The minimum absolute atomic E-state index is 0.169. The minimum Gasteiger partial charge on any atom is -0.393 e. The number of rotatable bonds is 6. The molecular formula is C20H21ClF3NO2S. The van der Waals surface area contributed by atoms with Gasteiger partial charge < -0.3 is 10.4 Å². The molecule has 1 unspecified atom stereocenters. The van der Waals surface area contributed by atoms with Crippen molar-refractivity contribution in [2.45, 2.75) is 30.8 Å². The number of aliphatic hydroxyl groups excluding tert-OH is 1. The Balaban J connectivity index is 0.000000480. The lowest BCUT2D eigenvalue weighted by atomic mass is 10.2. The highest BCUT2D eigenvalue weighted by atomic mass is 35.5. The average Bonchev–Trinajstić information content (AvgIpc) is 2.67. The molecule has 2 aromatic carbocycles. The van der Waals surface area contributed by atoms with E-state index >= 15 is 0 Å². The van der Waals surface area contributed by atoms with Crippen LogP contribution in [0.5, 0.6) is 0 Å². The monoisotopic (exact) mass is 431 g/mol. The van der Waals surface area contributed by atoms with E-state index in [1.807, 2.05) is 6.92 Å². The van der Waals surface area contributed by atoms with Crippen LogP contribution in [-0.2, 0) is 0 Å². The van der Waals surface area contributed by atoms with Crippen molar-refractivity contribution in [1.82, 2.24) is 0 Å². The van der Waals surface area contributed by atoms with Gasteiger partial charge >= 0.3 is 0 Å². The van der Waals surface area contributed by atoms with Gasteiger partial charge in [-0.05, 0) is 37.3 Å². The first-order valence-corrected chi connectivity index (χ1v) is 9.92. The number of nitrogens with one attached hydrogen (secondary N) is 1. The van der Waals surface area contributed by atoms with Gasteiger partial charge in [0.2, 0.25) is 0 Å². The molecule has 1 atom stereocenters. The molecule has 0 radical (unpaired) electrons. The molecule has 1 amide bonds. The highest BCUT2D eigenvalue weighted by Crippen LogP contribution is 2.26. The van der Waals surface area contributed by atoms with E-state index in [4.69, 9.17) is 16.7 Å².